The number of carbonyl (C=O) groups is 1. The van der Waals surface area contributed by atoms with Crippen LogP contribution in [0, 0.1) is 10.1 Å². The van der Waals surface area contributed by atoms with Gasteiger partial charge in [-0.1, -0.05) is 78.3 Å². The van der Waals surface area contributed by atoms with Crippen molar-refractivity contribution >= 4 is 46.2 Å². The second-order valence-corrected chi connectivity index (χ2v) is 10.4. The monoisotopic (exact) mass is 569 g/mol. The second-order valence-electron chi connectivity index (χ2n) is 8.97. The van der Waals surface area contributed by atoms with Crippen molar-refractivity contribution < 1.29 is 14.5 Å². The molecule has 1 aliphatic heterocycles. The number of hydrogen-bond acceptors (Lipinski definition) is 6. The van der Waals surface area contributed by atoms with Gasteiger partial charge in [-0.2, -0.15) is 0 Å². The first-order valence-electron chi connectivity index (χ1n) is 12.5. The van der Waals surface area contributed by atoms with Crippen molar-refractivity contribution in [2.24, 2.45) is 4.99 Å². The lowest BCUT2D eigenvalue weighted by Gasteiger charge is -2.15. The van der Waals surface area contributed by atoms with Crippen LogP contribution < -0.4 is 4.74 Å². The van der Waals surface area contributed by atoms with Crippen LogP contribution in [-0.4, -0.2) is 20.9 Å². The molecule has 0 atom stereocenters. The van der Waals surface area contributed by atoms with Gasteiger partial charge in [0.2, 0.25) is 0 Å². The van der Waals surface area contributed by atoms with E-state index in [-0.39, 0.29) is 18.2 Å². The highest BCUT2D eigenvalue weighted by Gasteiger charge is 2.33. The Morgan fingerprint density at radius 1 is 0.900 bits per heavy atom. The molecule has 200 valence electrons. The predicted octanol–water partition coefficient (Wildman–Crippen LogP) is 7.50. The van der Waals surface area contributed by atoms with E-state index in [0.717, 1.165) is 22.3 Å². The summed E-state index contributed by atoms with van der Waals surface area (Å²) in [5.41, 5.74) is 3.64. The zero-order valence-electron chi connectivity index (χ0n) is 21.3. The molecule has 4 aromatic rings. The average Bonchev–Trinajstić information content (AvgIpc) is 3.26. The molecule has 0 N–H and O–H groups in total. The first kappa shape index (κ1) is 27.2. The molecule has 7 nitrogen and oxygen atoms in total. The van der Waals surface area contributed by atoms with Crippen molar-refractivity contribution in [3.8, 4) is 5.75 Å². The Kier molecular flexibility index (Phi) is 8.59. The number of halogens is 1. The summed E-state index contributed by atoms with van der Waals surface area (Å²) in [5.74, 6) is 0.360. The summed E-state index contributed by atoms with van der Waals surface area (Å²) in [6.45, 7) is 1.11. The Morgan fingerprint density at radius 2 is 1.57 bits per heavy atom. The molecular formula is C31H24ClN3O4S. The van der Waals surface area contributed by atoms with Gasteiger partial charge in [-0.25, -0.2) is 0 Å². The third kappa shape index (κ3) is 6.77. The number of carbonyl (C=O) groups excluding carboxylic acids is 1. The van der Waals surface area contributed by atoms with E-state index in [1.807, 2.05) is 72.8 Å². The normalized spacial score (nSPS) is 15.1. The largest absolute Gasteiger partial charge is 0.487 e. The molecule has 4 aromatic carbocycles. The number of nitro benzene ring substituents is 1. The van der Waals surface area contributed by atoms with Gasteiger partial charge in [-0.3, -0.25) is 24.8 Å². The fourth-order valence-corrected chi connectivity index (χ4v) is 5.24. The molecule has 9 heteroatoms. The Hall–Kier alpha value is -4.40. The predicted molar refractivity (Wildman–Crippen MR) is 159 cm³/mol. The van der Waals surface area contributed by atoms with E-state index in [0.29, 0.717) is 33.9 Å². The fraction of sp³-hybridized carbons (Fsp3) is 0.0968. The Morgan fingerprint density at radius 3 is 2.23 bits per heavy atom. The Labute approximate surface area is 240 Å². The molecule has 1 amide bonds. The van der Waals surface area contributed by atoms with Crippen molar-refractivity contribution in [3.05, 3.63) is 145 Å². The number of non-ortho nitro benzene ring substituents is 1. The highest BCUT2D eigenvalue weighted by Crippen LogP contribution is 2.35. The van der Waals surface area contributed by atoms with Crippen LogP contribution in [-0.2, 0) is 24.5 Å². The molecule has 0 aliphatic carbocycles. The molecule has 1 heterocycles. The third-order valence-corrected chi connectivity index (χ3v) is 7.45. The second kappa shape index (κ2) is 12.6. The molecule has 1 aliphatic rings. The van der Waals surface area contributed by atoms with Crippen molar-refractivity contribution in [2.45, 2.75) is 19.7 Å². The molecule has 1 fully saturated rings. The third-order valence-electron chi connectivity index (χ3n) is 6.11. The van der Waals surface area contributed by atoms with Gasteiger partial charge < -0.3 is 4.74 Å². The lowest BCUT2D eigenvalue weighted by Crippen LogP contribution is -2.28. The van der Waals surface area contributed by atoms with Gasteiger partial charge in [0.25, 0.3) is 11.6 Å². The number of amides is 1. The first-order chi connectivity index (χ1) is 19.5. The number of thioether (sulfide) groups is 1. The van der Waals surface area contributed by atoms with E-state index in [9.17, 15) is 14.9 Å². The van der Waals surface area contributed by atoms with E-state index in [4.69, 9.17) is 21.3 Å². The van der Waals surface area contributed by atoms with Gasteiger partial charge in [0.15, 0.2) is 5.17 Å². The summed E-state index contributed by atoms with van der Waals surface area (Å²) in [6.07, 6.45) is 1.81. The van der Waals surface area contributed by atoms with Crippen LogP contribution in [0.25, 0.3) is 6.08 Å². The minimum atomic E-state index is -0.443. The van der Waals surface area contributed by atoms with Gasteiger partial charge in [-0.15, -0.1) is 0 Å². The molecule has 0 aromatic heterocycles. The number of rotatable bonds is 9. The number of ether oxygens (including phenoxy) is 1. The number of benzene rings is 4. The van der Waals surface area contributed by atoms with Crippen LogP contribution in [0.1, 0.15) is 22.3 Å². The minimum absolute atomic E-state index is 0.0223. The SMILES string of the molecule is O=C1/C(=C\c2ccc(OCc3ccc([N+](=O)[O-])cc3)c(Cl)c2)SC(=NCc2ccccc2)N1Cc1ccccc1. The molecule has 0 spiro atoms. The molecule has 0 saturated carbocycles. The molecule has 1 saturated heterocycles. The maximum atomic E-state index is 13.5. The first-order valence-corrected chi connectivity index (χ1v) is 13.6. The van der Waals surface area contributed by atoms with Gasteiger partial charge in [0.05, 0.1) is 27.9 Å². The van der Waals surface area contributed by atoms with Crippen LogP contribution in [0.5, 0.6) is 5.75 Å². The van der Waals surface area contributed by atoms with Crippen LogP contribution in [0.15, 0.2) is 113 Å². The average molecular weight is 570 g/mol. The summed E-state index contributed by atoms with van der Waals surface area (Å²) in [4.78, 5) is 30.9. The Bertz CT molecular complexity index is 1580. The van der Waals surface area contributed by atoms with Crippen molar-refractivity contribution in [1.82, 2.24) is 4.90 Å². The zero-order valence-corrected chi connectivity index (χ0v) is 22.8. The highest BCUT2D eigenvalue weighted by molar-refractivity contribution is 8.18. The number of amidine groups is 1. The van der Waals surface area contributed by atoms with Gasteiger partial charge in [-0.05, 0) is 64.4 Å². The highest BCUT2D eigenvalue weighted by atomic mass is 35.5. The van der Waals surface area contributed by atoms with Crippen molar-refractivity contribution in [2.75, 3.05) is 0 Å². The fourth-order valence-electron chi connectivity index (χ4n) is 4.02. The molecular weight excluding hydrogens is 546 g/mol. The van der Waals surface area contributed by atoms with E-state index in [1.165, 1.54) is 23.9 Å². The van der Waals surface area contributed by atoms with Crippen molar-refractivity contribution in [1.29, 1.82) is 0 Å². The van der Waals surface area contributed by atoms with E-state index < -0.39 is 4.92 Å². The molecule has 0 bridgehead atoms. The molecule has 0 radical (unpaired) electrons. The smallest absolute Gasteiger partial charge is 0.269 e. The maximum Gasteiger partial charge on any atom is 0.269 e. The number of nitrogens with zero attached hydrogens (tertiary/aromatic N) is 3. The lowest BCUT2D eigenvalue weighted by atomic mass is 10.2. The quantitative estimate of drug-likeness (QED) is 0.118. The summed E-state index contributed by atoms with van der Waals surface area (Å²) in [6, 6.07) is 31.2. The minimum Gasteiger partial charge on any atom is -0.487 e. The van der Waals surface area contributed by atoms with Crippen LogP contribution in [0.2, 0.25) is 5.02 Å². The summed E-state index contributed by atoms with van der Waals surface area (Å²) in [5, 5.41) is 11.9. The van der Waals surface area contributed by atoms with E-state index in [1.54, 1.807) is 29.2 Å². The maximum absolute atomic E-state index is 13.5. The number of aliphatic imine (C=N–C) groups is 1. The van der Waals surface area contributed by atoms with E-state index in [2.05, 4.69) is 0 Å². The standard InChI is InChI=1S/C31H24ClN3O4S/c32-27-17-25(13-16-28(27)39-21-24-11-14-26(15-12-24)35(37)38)18-29-30(36)34(20-23-9-5-2-6-10-23)31(40-29)33-19-22-7-3-1-4-8-22/h1-18H,19-21H2/b29-18+,33-31?. The van der Waals surface area contributed by atoms with Crippen molar-refractivity contribution in [3.63, 3.8) is 0 Å². The van der Waals surface area contributed by atoms with Crippen LogP contribution >= 0.6 is 23.4 Å². The zero-order chi connectivity index (χ0) is 27.9. The van der Waals surface area contributed by atoms with Gasteiger partial charge in [0.1, 0.15) is 12.4 Å². The van der Waals surface area contributed by atoms with Crippen LogP contribution in [0.3, 0.4) is 0 Å². The summed E-state index contributed by atoms with van der Waals surface area (Å²) in [7, 11) is 0. The molecule has 5 rings (SSSR count). The molecule has 0 unspecified atom stereocenters. The van der Waals surface area contributed by atoms with Crippen LogP contribution in [0.4, 0.5) is 5.69 Å². The number of hydrogen-bond donors (Lipinski definition) is 0. The number of nitro groups is 1. The lowest BCUT2D eigenvalue weighted by molar-refractivity contribution is -0.384. The topological polar surface area (TPSA) is 85.0 Å². The van der Waals surface area contributed by atoms with Gasteiger partial charge in [0, 0.05) is 12.1 Å². The molecule has 40 heavy (non-hydrogen) atoms. The summed E-state index contributed by atoms with van der Waals surface area (Å²) >= 11 is 7.84. The van der Waals surface area contributed by atoms with E-state index >= 15 is 0 Å². The summed E-state index contributed by atoms with van der Waals surface area (Å²) < 4.78 is 5.82. The van der Waals surface area contributed by atoms with Gasteiger partial charge >= 0.3 is 0 Å². The Balaban J connectivity index is 1.32.